The van der Waals surface area contributed by atoms with Crippen molar-refractivity contribution in [2.45, 2.75) is 22.0 Å². The third-order valence-corrected chi connectivity index (χ3v) is 6.12. The van der Waals surface area contributed by atoms with Gasteiger partial charge in [-0.3, -0.25) is 0 Å². The summed E-state index contributed by atoms with van der Waals surface area (Å²) in [5.74, 6) is 0. The zero-order valence-electron chi connectivity index (χ0n) is 15.8. The number of quaternary nitrogens is 1. The predicted octanol–water partition coefficient (Wildman–Crippen LogP) is -0.314. The average molecular weight is 503 g/mol. The Morgan fingerprint density at radius 3 is 2.00 bits per heavy atom. The molecule has 0 N–H and O–H groups in total. The number of nitrogens with zero attached hydrogens (tertiary/aromatic N) is 1. The summed E-state index contributed by atoms with van der Waals surface area (Å²) in [5.41, 5.74) is 0.931. The molecule has 27 heavy (non-hydrogen) atoms. The summed E-state index contributed by atoms with van der Waals surface area (Å²) in [6, 6.07) is 15.4. The predicted molar refractivity (Wildman–Crippen MR) is 99.7 cm³/mol. The molecule has 1 heterocycles. The summed E-state index contributed by atoms with van der Waals surface area (Å²) in [6.45, 7) is 1.92. The number of rotatable bonds is 5. The van der Waals surface area contributed by atoms with Crippen molar-refractivity contribution < 1.29 is 46.4 Å². The number of hydrogen-bond acceptors (Lipinski definition) is 4. The quantitative estimate of drug-likeness (QED) is 0.415. The van der Waals surface area contributed by atoms with E-state index in [-0.39, 0.29) is 41.1 Å². The fourth-order valence-electron chi connectivity index (χ4n) is 3.05. The molecule has 0 unspecified atom stereocenters. The normalized spacial score (nSPS) is 20.7. The highest BCUT2D eigenvalue weighted by atomic mass is 127. The van der Waals surface area contributed by atoms with Crippen molar-refractivity contribution in [2.75, 3.05) is 40.9 Å². The van der Waals surface area contributed by atoms with Crippen LogP contribution in [-0.2, 0) is 19.3 Å². The Morgan fingerprint density at radius 2 is 1.48 bits per heavy atom. The van der Waals surface area contributed by atoms with E-state index in [0.717, 1.165) is 16.6 Å². The van der Waals surface area contributed by atoms with Crippen LogP contribution in [0.4, 0.5) is 0 Å². The summed E-state index contributed by atoms with van der Waals surface area (Å²) in [7, 11) is 2.89. The second kappa shape index (κ2) is 9.00. The van der Waals surface area contributed by atoms with Gasteiger partial charge in [-0.1, -0.05) is 30.3 Å². The summed E-state index contributed by atoms with van der Waals surface area (Å²) >= 11 is 0. The third kappa shape index (κ3) is 5.74. The summed E-state index contributed by atoms with van der Waals surface area (Å²) in [6.07, 6.45) is -0.0730. The Kier molecular flexibility index (Phi) is 7.43. The maximum Gasteiger partial charge on any atom is 0.206 e. The minimum absolute atomic E-state index is 0. The van der Waals surface area contributed by atoms with Gasteiger partial charge in [-0.25, -0.2) is 8.42 Å². The van der Waals surface area contributed by atoms with Gasteiger partial charge in [0.05, 0.1) is 44.1 Å². The summed E-state index contributed by atoms with van der Waals surface area (Å²) in [4.78, 5) is 0.584. The van der Waals surface area contributed by atoms with E-state index >= 15 is 0 Å². The Morgan fingerprint density at radius 1 is 0.889 bits per heavy atom. The van der Waals surface area contributed by atoms with Crippen molar-refractivity contribution in [2.24, 2.45) is 0 Å². The van der Waals surface area contributed by atoms with Crippen LogP contribution in [0.25, 0.3) is 0 Å². The number of ether oxygens (including phenoxy) is 2. The molecule has 1 saturated heterocycles. The highest BCUT2D eigenvalue weighted by Gasteiger charge is 2.28. The van der Waals surface area contributed by atoms with Crippen molar-refractivity contribution >= 4 is 9.84 Å². The highest BCUT2D eigenvalue weighted by Crippen LogP contribution is 2.26. The monoisotopic (exact) mass is 503 g/mol. The van der Waals surface area contributed by atoms with E-state index in [1.165, 1.54) is 0 Å². The summed E-state index contributed by atoms with van der Waals surface area (Å²) < 4.78 is 38.0. The van der Waals surface area contributed by atoms with Gasteiger partial charge in [-0.15, -0.1) is 0 Å². The van der Waals surface area contributed by atoms with Crippen LogP contribution in [-0.4, -0.2) is 59.9 Å². The van der Waals surface area contributed by atoms with Gasteiger partial charge >= 0.3 is 0 Å². The zero-order valence-corrected chi connectivity index (χ0v) is 18.8. The molecule has 2 atom stereocenters. The van der Waals surface area contributed by atoms with Crippen LogP contribution >= 0.6 is 0 Å². The molecule has 1 fully saturated rings. The highest BCUT2D eigenvalue weighted by molar-refractivity contribution is 7.91. The number of sulfone groups is 1. The van der Waals surface area contributed by atoms with Crippen molar-refractivity contribution in [3.8, 4) is 0 Å². The number of halogens is 1. The van der Waals surface area contributed by atoms with Gasteiger partial charge in [0.1, 0.15) is 18.8 Å². The minimum atomic E-state index is -3.49. The van der Waals surface area contributed by atoms with E-state index in [1.54, 1.807) is 42.5 Å². The van der Waals surface area contributed by atoms with Gasteiger partial charge in [-0.05, 0) is 29.8 Å². The Bertz CT molecular complexity index is 825. The Hall–Kier alpha value is -1.000. The van der Waals surface area contributed by atoms with E-state index in [1.807, 2.05) is 12.1 Å². The van der Waals surface area contributed by atoms with Crippen molar-refractivity contribution in [3.05, 3.63) is 60.2 Å². The van der Waals surface area contributed by atoms with Crippen molar-refractivity contribution in [1.29, 1.82) is 0 Å². The molecular weight excluding hydrogens is 477 g/mol. The number of benzene rings is 2. The van der Waals surface area contributed by atoms with E-state index in [2.05, 4.69) is 21.1 Å². The maximum atomic E-state index is 12.6. The molecule has 0 amide bonds. The largest absolute Gasteiger partial charge is 1.00 e. The molecule has 2 aromatic rings. The molecule has 1 aliphatic rings. The molecule has 0 aliphatic carbocycles. The molecule has 3 rings (SSSR count). The number of likely N-dealkylation sites (N-methyl/N-ethyl adjacent to an activating group) is 1. The second-order valence-corrected chi connectivity index (χ2v) is 9.59. The average Bonchev–Trinajstić information content (AvgIpc) is 2.62. The number of hydrogen-bond donors (Lipinski definition) is 0. The minimum Gasteiger partial charge on any atom is -1.00 e. The lowest BCUT2D eigenvalue weighted by atomic mass is 10.1. The van der Waals surface area contributed by atoms with E-state index in [4.69, 9.17) is 9.47 Å². The van der Waals surface area contributed by atoms with Gasteiger partial charge in [0.2, 0.25) is 9.84 Å². The van der Waals surface area contributed by atoms with Gasteiger partial charge in [0.15, 0.2) is 0 Å². The lowest BCUT2D eigenvalue weighted by Crippen LogP contribution is -3.00. The van der Waals surface area contributed by atoms with Crippen LogP contribution in [0.2, 0.25) is 0 Å². The van der Waals surface area contributed by atoms with Crippen LogP contribution < -0.4 is 24.0 Å². The molecule has 2 aromatic carbocycles. The molecule has 7 heteroatoms. The third-order valence-electron chi connectivity index (χ3n) is 4.33. The van der Waals surface area contributed by atoms with Crippen LogP contribution in [0, 0.1) is 0 Å². The Labute approximate surface area is 178 Å². The summed E-state index contributed by atoms with van der Waals surface area (Å²) in [5, 5.41) is 0. The topological polar surface area (TPSA) is 52.6 Å². The second-order valence-electron chi connectivity index (χ2n) is 7.64. The van der Waals surface area contributed by atoms with Crippen LogP contribution in [0.1, 0.15) is 11.7 Å². The van der Waals surface area contributed by atoms with Crippen LogP contribution in [0.15, 0.2) is 64.4 Å². The zero-order chi connectivity index (χ0) is 18.8. The van der Waals surface area contributed by atoms with E-state index in [0.29, 0.717) is 18.1 Å². The smallest absolute Gasteiger partial charge is 0.206 e. The first-order valence-corrected chi connectivity index (χ1v) is 10.2. The van der Waals surface area contributed by atoms with Crippen molar-refractivity contribution in [1.82, 2.24) is 0 Å². The first kappa shape index (κ1) is 22.3. The maximum absolute atomic E-state index is 12.6. The first-order valence-electron chi connectivity index (χ1n) is 8.69. The molecule has 0 radical (unpaired) electrons. The molecule has 5 nitrogen and oxygen atoms in total. The fraction of sp³-hybridized carbons (Fsp3) is 0.400. The Balaban J connectivity index is 0.00000261. The molecule has 0 spiro atoms. The molecule has 0 aromatic heterocycles. The van der Waals surface area contributed by atoms with E-state index in [9.17, 15) is 8.42 Å². The lowest BCUT2D eigenvalue weighted by Gasteiger charge is -2.34. The molecule has 0 bridgehead atoms. The van der Waals surface area contributed by atoms with Gasteiger partial charge in [0, 0.05) is 0 Å². The molecule has 1 aliphatic heterocycles. The SMILES string of the molecule is C[N+](C)(C)C[C@@H]1CO[C@@H](c2ccc(S(=O)(=O)c3ccccc3)cc2)CO1.[I-]. The van der Waals surface area contributed by atoms with Gasteiger partial charge < -0.3 is 37.9 Å². The van der Waals surface area contributed by atoms with Gasteiger partial charge in [0.25, 0.3) is 0 Å². The molecule has 0 saturated carbocycles. The van der Waals surface area contributed by atoms with Gasteiger partial charge in [-0.2, -0.15) is 0 Å². The lowest BCUT2D eigenvalue weighted by molar-refractivity contribution is -0.874. The van der Waals surface area contributed by atoms with Crippen LogP contribution in [0.5, 0.6) is 0 Å². The first-order chi connectivity index (χ1) is 12.3. The molecule has 148 valence electrons. The van der Waals surface area contributed by atoms with E-state index < -0.39 is 9.84 Å². The fourth-order valence-corrected chi connectivity index (χ4v) is 4.33. The van der Waals surface area contributed by atoms with Crippen molar-refractivity contribution in [3.63, 3.8) is 0 Å². The molecular formula is C20H26INO4S. The van der Waals surface area contributed by atoms with Crippen LogP contribution in [0.3, 0.4) is 0 Å². The standard InChI is InChI=1S/C20H26NO4S.HI/c1-21(2,3)13-17-14-25-20(15-24-17)16-9-11-19(12-10-16)26(22,23)18-7-5-4-6-8-18;/h4-12,17,20H,13-15H2,1-3H3;1H/q+1;/p-1/t17-,20-;/m1./s1.